The van der Waals surface area contributed by atoms with Crippen LogP contribution in [0.5, 0.6) is 0 Å². The summed E-state index contributed by atoms with van der Waals surface area (Å²) < 4.78 is 5.92. The normalized spacial score (nSPS) is 17.4. The lowest BCUT2D eigenvalue weighted by Gasteiger charge is -2.29. The Bertz CT molecular complexity index is 1300. The molecule has 0 bridgehead atoms. The second-order valence-electron chi connectivity index (χ2n) is 7.19. The first kappa shape index (κ1) is 19.0. The Morgan fingerprint density at radius 3 is 2.42 bits per heavy atom. The third-order valence-corrected chi connectivity index (χ3v) is 5.57. The monoisotopic (exact) mass is 424 g/mol. The maximum atomic E-state index is 9.96. The number of benzene rings is 3. The van der Waals surface area contributed by atoms with Crippen molar-refractivity contribution in [2.75, 3.05) is 5.32 Å². The molecular weight excluding hydrogens is 408 g/mol. The van der Waals surface area contributed by atoms with Gasteiger partial charge in [-0.1, -0.05) is 66.2 Å². The Balaban J connectivity index is 1.84. The highest BCUT2D eigenvalue weighted by Crippen LogP contribution is 2.45. The molecule has 2 aliphatic rings. The Morgan fingerprint density at radius 1 is 0.968 bits per heavy atom. The molecule has 5 rings (SSSR count). The highest BCUT2D eigenvalue weighted by molar-refractivity contribution is 6.30. The molecule has 150 valence electrons. The molecule has 0 aromatic heterocycles. The summed E-state index contributed by atoms with van der Waals surface area (Å²) >= 11 is 6.12. The van der Waals surface area contributed by atoms with E-state index in [1.165, 1.54) is 0 Å². The molecule has 1 atom stereocenters. The van der Waals surface area contributed by atoms with Crippen molar-refractivity contribution in [3.63, 3.8) is 0 Å². The van der Waals surface area contributed by atoms with Crippen LogP contribution in [-0.4, -0.2) is 5.90 Å². The Morgan fingerprint density at radius 2 is 1.68 bits per heavy atom. The van der Waals surface area contributed by atoms with E-state index in [4.69, 9.17) is 27.1 Å². The summed E-state index contributed by atoms with van der Waals surface area (Å²) in [7, 11) is 0. The summed E-state index contributed by atoms with van der Waals surface area (Å²) in [5.41, 5.74) is 11.5. The molecule has 2 heterocycles. The second kappa shape index (κ2) is 7.67. The first-order chi connectivity index (χ1) is 15.2. The number of nitrogens with one attached hydrogen (secondary N) is 1. The van der Waals surface area contributed by atoms with E-state index in [0.29, 0.717) is 16.5 Å². The minimum absolute atomic E-state index is 0.0525. The summed E-state index contributed by atoms with van der Waals surface area (Å²) in [6.45, 7) is 0. The van der Waals surface area contributed by atoms with Crippen molar-refractivity contribution < 1.29 is 4.74 Å². The fourth-order valence-electron chi connectivity index (χ4n) is 3.89. The van der Waals surface area contributed by atoms with Crippen LogP contribution in [0.1, 0.15) is 17.0 Å². The molecule has 0 fully saturated rings. The van der Waals surface area contributed by atoms with Crippen molar-refractivity contribution in [2.24, 2.45) is 10.7 Å². The predicted octanol–water partition coefficient (Wildman–Crippen LogP) is 5.71. The number of hydrogen-bond acceptors (Lipinski definition) is 5. The van der Waals surface area contributed by atoms with Gasteiger partial charge in [0.2, 0.25) is 11.8 Å². The van der Waals surface area contributed by atoms with Crippen molar-refractivity contribution in [1.82, 2.24) is 0 Å². The summed E-state index contributed by atoms with van der Waals surface area (Å²) in [5.74, 6) is -0.0451. The SMILES string of the molecule is N#CC1=C(N)OC2=Nc3ccccc3NC(c3ccccc3)=C2[C@@H]1c1ccc(Cl)cc1. The smallest absolute Gasteiger partial charge is 0.228 e. The molecule has 0 unspecified atom stereocenters. The molecule has 0 aliphatic carbocycles. The molecule has 2 aliphatic heterocycles. The van der Waals surface area contributed by atoms with Gasteiger partial charge in [0.1, 0.15) is 11.6 Å². The number of nitrogens with two attached hydrogens (primary N) is 1. The number of nitrogens with zero attached hydrogens (tertiary/aromatic N) is 2. The average molecular weight is 425 g/mol. The summed E-state index contributed by atoms with van der Waals surface area (Å²) in [5, 5.41) is 14.1. The number of para-hydroxylation sites is 2. The maximum Gasteiger partial charge on any atom is 0.228 e. The summed E-state index contributed by atoms with van der Waals surface area (Å²) in [6, 6.07) is 27.3. The number of aliphatic imine (C=N–C) groups is 1. The maximum absolute atomic E-state index is 9.96. The van der Waals surface area contributed by atoms with Gasteiger partial charge in [-0.2, -0.15) is 5.26 Å². The van der Waals surface area contributed by atoms with Crippen molar-refractivity contribution >= 4 is 34.6 Å². The van der Waals surface area contributed by atoms with Gasteiger partial charge in [0.25, 0.3) is 0 Å². The molecule has 0 radical (unpaired) electrons. The van der Waals surface area contributed by atoms with Crippen LogP contribution in [0, 0.1) is 11.3 Å². The third kappa shape index (κ3) is 3.33. The van der Waals surface area contributed by atoms with Gasteiger partial charge in [-0.05, 0) is 35.4 Å². The van der Waals surface area contributed by atoms with Crippen LogP contribution >= 0.6 is 11.6 Å². The van der Waals surface area contributed by atoms with Crippen molar-refractivity contribution in [3.05, 3.63) is 112 Å². The fourth-order valence-corrected chi connectivity index (χ4v) is 4.01. The van der Waals surface area contributed by atoms with Gasteiger partial charge in [-0.25, -0.2) is 4.99 Å². The van der Waals surface area contributed by atoms with Gasteiger partial charge >= 0.3 is 0 Å². The lowest BCUT2D eigenvalue weighted by molar-refractivity contribution is 0.388. The van der Waals surface area contributed by atoms with E-state index in [2.05, 4.69) is 11.4 Å². The number of ether oxygens (including phenoxy) is 1. The zero-order chi connectivity index (χ0) is 21.4. The zero-order valence-corrected chi connectivity index (χ0v) is 17.1. The van der Waals surface area contributed by atoms with E-state index in [1.807, 2.05) is 66.7 Å². The number of halogens is 1. The molecule has 5 nitrogen and oxygen atoms in total. The molecule has 0 saturated carbocycles. The Hall–Kier alpha value is -4.01. The zero-order valence-electron chi connectivity index (χ0n) is 16.3. The van der Waals surface area contributed by atoms with Crippen LogP contribution in [0.15, 0.2) is 101 Å². The van der Waals surface area contributed by atoms with Gasteiger partial charge in [-0.15, -0.1) is 0 Å². The van der Waals surface area contributed by atoms with E-state index in [9.17, 15) is 5.26 Å². The summed E-state index contributed by atoms with van der Waals surface area (Å²) in [6.07, 6.45) is 0. The van der Waals surface area contributed by atoms with Gasteiger partial charge in [-0.3, -0.25) is 0 Å². The number of allylic oxidation sites excluding steroid dienone is 1. The average Bonchev–Trinajstić information content (AvgIpc) is 2.96. The minimum Gasteiger partial charge on any atom is -0.422 e. The molecule has 6 heteroatoms. The molecule has 0 saturated heterocycles. The predicted molar refractivity (Wildman–Crippen MR) is 123 cm³/mol. The topological polar surface area (TPSA) is 83.4 Å². The van der Waals surface area contributed by atoms with Crippen LogP contribution in [0.25, 0.3) is 5.70 Å². The first-order valence-electron chi connectivity index (χ1n) is 9.73. The Labute approximate surface area is 184 Å². The standard InChI is InChI=1S/C25H17ClN4O/c26-17-12-10-15(11-13-17)21-18(14-27)24(28)31-25-22(21)23(16-6-2-1-3-7-16)29-19-8-4-5-9-20(19)30-25/h1-13,21,29H,28H2/t21-/m1/s1. The van der Waals surface area contributed by atoms with Crippen LogP contribution < -0.4 is 11.1 Å². The van der Waals surface area contributed by atoms with Gasteiger partial charge in [0, 0.05) is 5.02 Å². The fraction of sp³-hybridized carbons (Fsp3) is 0.0400. The number of nitriles is 1. The quantitative estimate of drug-likeness (QED) is 0.551. The van der Waals surface area contributed by atoms with E-state index >= 15 is 0 Å². The van der Waals surface area contributed by atoms with Gasteiger partial charge in [0.05, 0.1) is 28.6 Å². The highest BCUT2D eigenvalue weighted by atomic mass is 35.5. The molecule has 0 spiro atoms. The largest absolute Gasteiger partial charge is 0.422 e. The van der Waals surface area contributed by atoms with Gasteiger partial charge in [0.15, 0.2) is 0 Å². The lowest BCUT2D eigenvalue weighted by Crippen LogP contribution is -2.28. The highest BCUT2D eigenvalue weighted by Gasteiger charge is 2.38. The molecule has 3 N–H and O–H groups in total. The van der Waals surface area contributed by atoms with Crippen LogP contribution in [0.4, 0.5) is 11.4 Å². The molecule has 3 aromatic rings. The van der Waals surface area contributed by atoms with Crippen molar-refractivity contribution in [2.45, 2.75) is 5.92 Å². The lowest BCUT2D eigenvalue weighted by atomic mass is 9.81. The summed E-state index contributed by atoms with van der Waals surface area (Å²) in [4.78, 5) is 4.77. The van der Waals surface area contributed by atoms with Crippen molar-refractivity contribution in [3.8, 4) is 6.07 Å². The van der Waals surface area contributed by atoms with E-state index in [0.717, 1.165) is 33.8 Å². The molecule has 0 amide bonds. The first-order valence-corrected chi connectivity index (χ1v) is 10.1. The number of hydrogen-bond donors (Lipinski definition) is 2. The number of rotatable bonds is 2. The van der Waals surface area contributed by atoms with Crippen LogP contribution in [-0.2, 0) is 4.74 Å². The molecule has 31 heavy (non-hydrogen) atoms. The van der Waals surface area contributed by atoms with Crippen LogP contribution in [0.2, 0.25) is 5.02 Å². The number of fused-ring (bicyclic) bond motifs is 2. The molecular formula is C25H17ClN4O. The van der Waals surface area contributed by atoms with Crippen LogP contribution in [0.3, 0.4) is 0 Å². The van der Waals surface area contributed by atoms with E-state index in [-0.39, 0.29) is 5.88 Å². The van der Waals surface area contributed by atoms with Crippen molar-refractivity contribution in [1.29, 1.82) is 5.26 Å². The minimum atomic E-state index is -0.466. The third-order valence-electron chi connectivity index (χ3n) is 5.32. The van der Waals surface area contributed by atoms with E-state index < -0.39 is 5.92 Å². The van der Waals surface area contributed by atoms with Gasteiger partial charge < -0.3 is 15.8 Å². The second-order valence-corrected chi connectivity index (χ2v) is 7.63. The number of anilines is 1. The Kier molecular flexibility index (Phi) is 4.70. The van der Waals surface area contributed by atoms with E-state index in [1.54, 1.807) is 12.1 Å². The molecule has 3 aromatic carbocycles.